The Morgan fingerprint density at radius 3 is 2.38 bits per heavy atom. The normalized spacial score (nSPS) is 10.8. The number of pyridine rings is 1. The lowest BCUT2D eigenvalue weighted by Crippen LogP contribution is -2.32. The highest BCUT2D eigenvalue weighted by molar-refractivity contribution is 6.06. The molecule has 2 aromatic carbocycles. The van der Waals surface area contributed by atoms with Crippen molar-refractivity contribution in [2.24, 2.45) is 0 Å². The van der Waals surface area contributed by atoms with Crippen LogP contribution in [0.25, 0.3) is 11.0 Å². The second-order valence-electron chi connectivity index (χ2n) is 7.60. The molecule has 0 aliphatic carbocycles. The Labute approximate surface area is 195 Å². The Morgan fingerprint density at radius 1 is 1.06 bits per heavy atom. The van der Waals surface area contributed by atoms with E-state index in [1.165, 1.54) is 10.6 Å². The maximum Gasteiger partial charge on any atom is 0.330 e. The number of ether oxygens (including phenoxy) is 2. The third kappa shape index (κ3) is 4.68. The molecule has 4 aromatic rings. The van der Waals surface area contributed by atoms with E-state index in [1.54, 1.807) is 50.4 Å². The molecule has 0 atom stereocenters. The summed E-state index contributed by atoms with van der Waals surface area (Å²) in [6.07, 6.45) is 0. The number of aromatic nitrogens is 3. The number of carbonyl (C=O) groups is 1. The average Bonchev–Trinajstić information content (AvgIpc) is 2.83. The van der Waals surface area contributed by atoms with Gasteiger partial charge in [0.1, 0.15) is 17.1 Å². The van der Waals surface area contributed by atoms with Crippen LogP contribution in [0, 0.1) is 6.92 Å². The first-order chi connectivity index (χ1) is 16.4. The maximum atomic E-state index is 12.9. The second-order valence-corrected chi connectivity index (χ2v) is 7.60. The molecule has 9 heteroatoms. The van der Waals surface area contributed by atoms with Crippen LogP contribution in [0.2, 0.25) is 0 Å². The van der Waals surface area contributed by atoms with E-state index in [4.69, 9.17) is 9.47 Å². The topological polar surface area (TPSA) is 115 Å². The molecule has 0 fully saturated rings. The van der Waals surface area contributed by atoms with Gasteiger partial charge in [0, 0.05) is 5.69 Å². The summed E-state index contributed by atoms with van der Waals surface area (Å²) < 4.78 is 12.0. The Hall–Kier alpha value is -4.40. The minimum atomic E-state index is -0.603. The van der Waals surface area contributed by atoms with Gasteiger partial charge in [-0.3, -0.25) is 19.1 Å². The minimum absolute atomic E-state index is 0.149. The molecule has 2 N–H and O–H groups in total. The van der Waals surface area contributed by atoms with Crippen molar-refractivity contribution in [2.75, 3.05) is 19.0 Å². The van der Waals surface area contributed by atoms with Crippen molar-refractivity contribution in [1.29, 1.82) is 0 Å². The van der Waals surface area contributed by atoms with Crippen LogP contribution < -0.4 is 26.0 Å². The number of hydrogen-bond acceptors (Lipinski definition) is 6. The first kappa shape index (κ1) is 22.8. The van der Waals surface area contributed by atoms with E-state index < -0.39 is 17.2 Å². The number of H-pyrrole nitrogens is 1. The zero-order chi connectivity index (χ0) is 24.2. The second kappa shape index (κ2) is 9.62. The fraction of sp³-hybridized carbons (Fsp3) is 0.200. The highest BCUT2D eigenvalue weighted by Gasteiger charge is 2.17. The predicted molar refractivity (Wildman–Crippen MR) is 129 cm³/mol. The largest absolute Gasteiger partial charge is 0.497 e. The van der Waals surface area contributed by atoms with E-state index in [-0.39, 0.29) is 23.1 Å². The Kier molecular flexibility index (Phi) is 6.44. The molecule has 0 spiro atoms. The van der Waals surface area contributed by atoms with Gasteiger partial charge in [-0.05, 0) is 61.9 Å². The number of rotatable bonds is 7. The first-order valence-corrected chi connectivity index (χ1v) is 10.7. The molecule has 9 nitrogen and oxygen atoms in total. The van der Waals surface area contributed by atoms with Crippen molar-refractivity contribution in [3.05, 3.63) is 92.3 Å². The van der Waals surface area contributed by atoms with Gasteiger partial charge >= 0.3 is 5.69 Å². The summed E-state index contributed by atoms with van der Waals surface area (Å²) in [7, 11) is 1.57. The highest BCUT2D eigenvalue weighted by atomic mass is 16.5. The van der Waals surface area contributed by atoms with Crippen LogP contribution in [-0.2, 0) is 6.54 Å². The van der Waals surface area contributed by atoms with Crippen LogP contribution in [0.15, 0.2) is 64.2 Å². The number of aromatic amines is 1. The summed E-state index contributed by atoms with van der Waals surface area (Å²) >= 11 is 0. The van der Waals surface area contributed by atoms with Crippen molar-refractivity contribution in [3.63, 3.8) is 0 Å². The summed E-state index contributed by atoms with van der Waals surface area (Å²) in [4.78, 5) is 44.9. The Morgan fingerprint density at radius 2 is 1.74 bits per heavy atom. The number of carbonyl (C=O) groups excluding carboxylic acids is 1. The summed E-state index contributed by atoms with van der Waals surface area (Å²) in [6.45, 7) is 4.30. The number of aryl methyl sites for hydroxylation is 1. The smallest absolute Gasteiger partial charge is 0.330 e. The standard InChI is InChI=1S/C25H24N4O5/c1-4-34-19-11-7-17(8-12-19)27-23(30)20-13-21-22(26-15(20)2)29(25(32)28-24(21)31)14-16-5-9-18(33-3)10-6-16/h5-13H,4,14H2,1-3H3,(H,27,30)(H,28,31,32). The maximum absolute atomic E-state index is 12.9. The number of amides is 1. The average molecular weight is 460 g/mol. The monoisotopic (exact) mass is 460 g/mol. The van der Waals surface area contributed by atoms with E-state index in [2.05, 4.69) is 15.3 Å². The van der Waals surface area contributed by atoms with Crippen LogP contribution in [0.4, 0.5) is 5.69 Å². The van der Waals surface area contributed by atoms with Gasteiger partial charge < -0.3 is 14.8 Å². The lowest BCUT2D eigenvalue weighted by atomic mass is 10.1. The molecule has 4 rings (SSSR count). The summed E-state index contributed by atoms with van der Waals surface area (Å²) in [5.74, 6) is 0.980. The first-order valence-electron chi connectivity index (χ1n) is 10.7. The van der Waals surface area contributed by atoms with Crippen molar-refractivity contribution >= 4 is 22.6 Å². The number of nitrogens with zero attached hydrogens (tertiary/aromatic N) is 2. The van der Waals surface area contributed by atoms with Crippen molar-refractivity contribution < 1.29 is 14.3 Å². The van der Waals surface area contributed by atoms with Gasteiger partial charge in [0.15, 0.2) is 0 Å². The van der Waals surface area contributed by atoms with Gasteiger partial charge in [0.25, 0.3) is 11.5 Å². The van der Waals surface area contributed by atoms with Gasteiger partial charge in [-0.2, -0.15) is 0 Å². The van der Waals surface area contributed by atoms with Crippen molar-refractivity contribution in [3.8, 4) is 11.5 Å². The zero-order valence-corrected chi connectivity index (χ0v) is 19.0. The SMILES string of the molecule is CCOc1ccc(NC(=O)c2cc3c(=O)[nH]c(=O)n(Cc4ccc(OC)cc4)c3nc2C)cc1. The molecule has 0 unspecified atom stereocenters. The summed E-state index contributed by atoms with van der Waals surface area (Å²) in [6, 6.07) is 15.7. The summed E-state index contributed by atoms with van der Waals surface area (Å²) in [5.41, 5.74) is 1.06. The van der Waals surface area contributed by atoms with Gasteiger partial charge in [0.2, 0.25) is 0 Å². The van der Waals surface area contributed by atoms with Crippen LogP contribution in [-0.4, -0.2) is 34.2 Å². The number of hydrogen-bond donors (Lipinski definition) is 2. The quantitative estimate of drug-likeness (QED) is 0.438. The van der Waals surface area contributed by atoms with E-state index in [9.17, 15) is 14.4 Å². The van der Waals surface area contributed by atoms with E-state index in [0.717, 1.165) is 5.56 Å². The molecule has 34 heavy (non-hydrogen) atoms. The molecule has 0 aliphatic rings. The molecular weight excluding hydrogens is 436 g/mol. The van der Waals surface area contributed by atoms with Gasteiger partial charge in [-0.1, -0.05) is 12.1 Å². The Balaban J connectivity index is 1.69. The lowest BCUT2D eigenvalue weighted by Gasteiger charge is -2.13. The number of benzene rings is 2. The molecule has 0 saturated carbocycles. The van der Waals surface area contributed by atoms with E-state index in [0.29, 0.717) is 29.5 Å². The van der Waals surface area contributed by atoms with Crippen LogP contribution in [0.1, 0.15) is 28.5 Å². The molecule has 2 aromatic heterocycles. The molecule has 0 bridgehead atoms. The minimum Gasteiger partial charge on any atom is -0.497 e. The fourth-order valence-electron chi connectivity index (χ4n) is 3.58. The zero-order valence-electron chi connectivity index (χ0n) is 19.0. The van der Waals surface area contributed by atoms with Gasteiger partial charge in [-0.25, -0.2) is 9.78 Å². The van der Waals surface area contributed by atoms with Crippen LogP contribution >= 0.6 is 0 Å². The number of fused-ring (bicyclic) bond motifs is 1. The van der Waals surface area contributed by atoms with E-state index in [1.807, 2.05) is 19.1 Å². The van der Waals surface area contributed by atoms with E-state index >= 15 is 0 Å². The van der Waals surface area contributed by atoms with Crippen LogP contribution in [0.5, 0.6) is 11.5 Å². The Bertz CT molecular complexity index is 1450. The number of methoxy groups -OCH3 is 1. The number of anilines is 1. The van der Waals surface area contributed by atoms with Gasteiger partial charge in [0.05, 0.1) is 36.9 Å². The molecule has 0 radical (unpaired) electrons. The molecule has 0 saturated heterocycles. The third-order valence-electron chi connectivity index (χ3n) is 5.33. The summed E-state index contributed by atoms with van der Waals surface area (Å²) in [5, 5.41) is 2.95. The molecule has 1 amide bonds. The molecule has 174 valence electrons. The molecule has 2 heterocycles. The highest BCUT2D eigenvalue weighted by Crippen LogP contribution is 2.19. The molecular formula is C25H24N4O5. The third-order valence-corrected chi connectivity index (χ3v) is 5.33. The van der Waals surface area contributed by atoms with Crippen LogP contribution in [0.3, 0.4) is 0 Å². The fourth-order valence-corrected chi connectivity index (χ4v) is 3.58. The predicted octanol–water partition coefficient (Wildman–Crippen LogP) is 3.10. The van der Waals surface area contributed by atoms with Crippen molar-refractivity contribution in [2.45, 2.75) is 20.4 Å². The lowest BCUT2D eigenvalue weighted by molar-refractivity contribution is 0.102. The van der Waals surface area contributed by atoms with Crippen molar-refractivity contribution in [1.82, 2.24) is 14.5 Å². The molecule has 0 aliphatic heterocycles. The van der Waals surface area contributed by atoms with Gasteiger partial charge in [-0.15, -0.1) is 0 Å². The number of nitrogens with one attached hydrogen (secondary N) is 2.